The van der Waals surface area contributed by atoms with Gasteiger partial charge in [0, 0.05) is 17.9 Å². The highest BCUT2D eigenvalue weighted by atomic mass is 16.5. The van der Waals surface area contributed by atoms with Crippen LogP contribution < -0.4 is 0 Å². The van der Waals surface area contributed by atoms with Crippen LogP contribution in [-0.4, -0.2) is 11.9 Å². The van der Waals surface area contributed by atoms with Gasteiger partial charge in [-0.2, -0.15) is 0 Å². The molecular weight excluding hydrogens is 236 g/mol. The molecule has 1 saturated carbocycles. The van der Waals surface area contributed by atoms with E-state index in [4.69, 9.17) is 4.74 Å². The zero-order valence-electron chi connectivity index (χ0n) is 12.7. The highest BCUT2D eigenvalue weighted by Crippen LogP contribution is 2.56. The minimum atomic E-state index is -0.199. The fraction of sp³-hybridized carbons (Fsp3) is 0.706. The zero-order valence-corrected chi connectivity index (χ0v) is 12.7. The third kappa shape index (κ3) is 2.37. The molecule has 2 aliphatic rings. The van der Waals surface area contributed by atoms with Gasteiger partial charge in [0.05, 0.1) is 11.9 Å². The molecule has 0 heterocycles. The highest BCUT2D eigenvalue weighted by molar-refractivity contribution is 5.97. The molecule has 0 N–H and O–H groups in total. The molecule has 0 bridgehead atoms. The van der Waals surface area contributed by atoms with Crippen LogP contribution >= 0.6 is 0 Å². The first-order chi connectivity index (χ1) is 8.87. The van der Waals surface area contributed by atoms with Crippen molar-refractivity contribution < 1.29 is 9.53 Å². The van der Waals surface area contributed by atoms with Crippen LogP contribution in [0.5, 0.6) is 0 Å². The van der Waals surface area contributed by atoms with E-state index in [2.05, 4.69) is 20.4 Å². The molecule has 0 aromatic carbocycles. The highest BCUT2D eigenvalue weighted by Gasteiger charge is 2.53. The summed E-state index contributed by atoms with van der Waals surface area (Å²) in [6.45, 7) is 12.4. The lowest BCUT2D eigenvalue weighted by Gasteiger charge is -2.40. The molecule has 0 unspecified atom stereocenters. The van der Waals surface area contributed by atoms with Crippen molar-refractivity contribution in [3.05, 3.63) is 24.0 Å². The van der Waals surface area contributed by atoms with Crippen LogP contribution in [0.25, 0.3) is 0 Å². The summed E-state index contributed by atoms with van der Waals surface area (Å²) in [5.41, 5.74) is 0.967. The Bertz CT molecular complexity index is 419. The summed E-state index contributed by atoms with van der Waals surface area (Å²) in [5, 5.41) is 0. The van der Waals surface area contributed by atoms with Crippen molar-refractivity contribution in [1.82, 2.24) is 0 Å². The molecule has 2 aliphatic carbocycles. The average molecular weight is 262 g/mol. The third-order valence-corrected chi connectivity index (χ3v) is 4.91. The predicted molar refractivity (Wildman–Crippen MR) is 77.7 cm³/mol. The first-order valence-electron chi connectivity index (χ1n) is 7.45. The Balaban J connectivity index is 2.28. The molecule has 0 aliphatic heterocycles. The summed E-state index contributed by atoms with van der Waals surface area (Å²) in [6, 6.07) is 0. The van der Waals surface area contributed by atoms with Crippen molar-refractivity contribution >= 4 is 5.78 Å². The summed E-state index contributed by atoms with van der Waals surface area (Å²) in [5.74, 6) is 1.95. The Morgan fingerprint density at radius 1 is 1.47 bits per heavy atom. The number of ether oxygens (including phenoxy) is 1. The van der Waals surface area contributed by atoms with Crippen molar-refractivity contribution in [3.63, 3.8) is 0 Å². The van der Waals surface area contributed by atoms with Crippen LogP contribution in [0.4, 0.5) is 0 Å². The van der Waals surface area contributed by atoms with Gasteiger partial charge in [-0.3, -0.25) is 4.79 Å². The standard InChI is InChI=1S/C17H26O2/c1-11(2)15-7-6-13(5)17(15)9-8-14(10-16(17)18)19-12(3)4/h10,12-13,15H,1,6-9H2,2-5H3/t13-,15+,17+/m1/s1. The van der Waals surface area contributed by atoms with Crippen LogP contribution in [0.2, 0.25) is 0 Å². The monoisotopic (exact) mass is 262 g/mol. The van der Waals surface area contributed by atoms with Gasteiger partial charge in [-0.05, 0) is 51.9 Å². The number of carbonyl (C=O) groups excluding carboxylic acids is 1. The number of rotatable bonds is 3. The van der Waals surface area contributed by atoms with E-state index in [1.54, 1.807) is 6.08 Å². The minimum absolute atomic E-state index is 0.144. The van der Waals surface area contributed by atoms with E-state index >= 15 is 0 Å². The second-order valence-corrected chi connectivity index (χ2v) is 6.56. The van der Waals surface area contributed by atoms with E-state index in [1.165, 1.54) is 5.57 Å². The number of hydrogen-bond acceptors (Lipinski definition) is 2. The van der Waals surface area contributed by atoms with Gasteiger partial charge in [0.25, 0.3) is 0 Å². The maximum absolute atomic E-state index is 12.7. The van der Waals surface area contributed by atoms with Crippen LogP contribution in [0, 0.1) is 17.3 Å². The van der Waals surface area contributed by atoms with Crippen molar-refractivity contribution in [2.75, 3.05) is 0 Å². The Labute approximate surface area is 116 Å². The van der Waals surface area contributed by atoms with Gasteiger partial charge in [0.1, 0.15) is 0 Å². The smallest absolute Gasteiger partial charge is 0.166 e. The van der Waals surface area contributed by atoms with Gasteiger partial charge in [0.2, 0.25) is 0 Å². The quantitative estimate of drug-likeness (QED) is 0.710. The van der Waals surface area contributed by atoms with Gasteiger partial charge < -0.3 is 4.74 Å². The largest absolute Gasteiger partial charge is 0.495 e. The minimum Gasteiger partial charge on any atom is -0.495 e. The van der Waals surface area contributed by atoms with Crippen LogP contribution in [-0.2, 0) is 9.53 Å². The summed E-state index contributed by atoms with van der Waals surface area (Å²) in [4.78, 5) is 12.7. The van der Waals surface area contributed by atoms with E-state index in [0.717, 1.165) is 31.4 Å². The predicted octanol–water partition coefficient (Wildman–Crippen LogP) is 4.27. The van der Waals surface area contributed by atoms with E-state index in [0.29, 0.717) is 11.8 Å². The molecule has 0 amide bonds. The number of allylic oxidation sites excluding steroid dienone is 3. The maximum Gasteiger partial charge on any atom is 0.166 e. The normalized spacial score (nSPS) is 34.8. The molecule has 19 heavy (non-hydrogen) atoms. The molecule has 0 radical (unpaired) electrons. The summed E-state index contributed by atoms with van der Waals surface area (Å²) < 4.78 is 5.71. The molecule has 0 aromatic heterocycles. The SMILES string of the molecule is C=C(C)[C@@H]1CC[C@@H](C)[C@@]12CCC(OC(C)C)=CC2=O. The van der Waals surface area contributed by atoms with Crippen molar-refractivity contribution in [3.8, 4) is 0 Å². The van der Waals surface area contributed by atoms with E-state index in [-0.39, 0.29) is 17.3 Å². The van der Waals surface area contributed by atoms with Gasteiger partial charge in [0.15, 0.2) is 5.78 Å². The molecule has 1 fully saturated rings. The number of carbonyl (C=O) groups is 1. The Hall–Kier alpha value is -1.05. The van der Waals surface area contributed by atoms with Gasteiger partial charge in [-0.15, -0.1) is 0 Å². The molecule has 2 nitrogen and oxygen atoms in total. The molecule has 106 valence electrons. The van der Waals surface area contributed by atoms with Crippen LogP contribution in [0.1, 0.15) is 53.4 Å². The fourth-order valence-corrected chi connectivity index (χ4v) is 4.00. The summed E-state index contributed by atoms with van der Waals surface area (Å²) in [7, 11) is 0. The Kier molecular flexibility index (Phi) is 3.89. The van der Waals surface area contributed by atoms with Crippen molar-refractivity contribution in [2.45, 2.75) is 59.5 Å². The van der Waals surface area contributed by atoms with Gasteiger partial charge >= 0.3 is 0 Å². The fourth-order valence-electron chi connectivity index (χ4n) is 4.00. The molecule has 0 saturated heterocycles. The topological polar surface area (TPSA) is 26.3 Å². The maximum atomic E-state index is 12.7. The van der Waals surface area contributed by atoms with Crippen molar-refractivity contribution in [2.24, 2.45) is 17.3 Å². The molecule has 2 rings (SSSR count). The number of ketones is 1. The molecule has 3 atom stereocenters. The lowest BCUT2D eigenvalue weighted by Crippen LogP contribution is -2.41. The van der Waals surface area contributed by atoms with Crippen molar-refractivity contribution in [1.29, 1.82) is 0 Å². The first kappa shape index (κ1) is 14.4. The third-order valence-electron chi connectivity index (χ3n) is 4.91. The lowest BCUT2D eigenvalue weighted by atomic mass is 9.63. The van der Waals surface area contributed by atoms with E-state index < -0.39 is 0 Å². The summed E-state index contributed by atoms with van der Waals surface area (Å²) in [6.07, 6.45) is 5.96. The summed E-state index contributed by atoms with van der Waals surface area (Å²) >= 11 is 0. The molecule has 2 heteroatoms. The Morgan fingerprint density at radius 2 is 2.16 bits per heavy atom. The lowest BCUT2D eigenvalue weighted by molar-refractivity contribution is -0.129. The second-order valence-electron chi connectivity index (χ2n) is 6.56. The number of hydrogen-bond donors (Lipinski definition) is 0. The van der Waals surface area contributed by atoms with Gasteiger partial charge in [-0.1, -0.05) is 19.1 Å². The van der Waals surface area contributed by atoms with Crippen LogP contribution in [0.15, 0.2) is 24.0 Å². The van der Waals surface area contributed by atoms with E-state index in [1.807, 2.05) is 13.8 Å². The van der Waals surface area contributed by atoms with Crippen LogP contribution in [0.3, 0.4) is 0 Å². The first-order valence-corrected chi connectivity index (χ1v) is 7.45. The average Bonchev–Trinajstić information content (AvgIpc) is 2.62. The molecule has 1 spiro atoms. The molecular formula is C17H26O2. The zero-order chi connectivity index (χ0) is 14.2. The molecule has 0 aromatic rings. The van der Waals surface area contributed by atoms with E-state index in [9.17, 15) is 4.79 Å². The van der Waals surface area contributed by atoms with Gasteiger partial charge in [-0.25, -0.2) is 0 Å². The Morgan fingerprint density at radius 3 is 2.68 bits per heavy atom. The second kappa shape index (κ2) is 5.15.